The number of Topliss-reactive ketones (excluding diaryl/α,β-unsaturated/α-hetero) is 1. The molecule has 1 aliphatic carbocycles. The van der Waals surface area contributed by atoms with Crippen LogP contribution in [0, 0.1) is 11.3 Å². The fraction of sp³-hybridized carbons (Fsp3) is 0.500. The maximum absolute atomic E-state index is 13.2. The molecule has 0 aromatic heterocycles. The van der Waals surface area contributed by atoms with Crippen molar-refractivity contribution in [1.29, 1.82) is 0 Å². The smallest absolute Gasteiger partial charge is 0.255 e. The Morgan fingerprint density at radius 2 is 2.09 bits per heavy atom. The number of hydrazone groups is 1. The van der Waals surface area contributed by atoms with Crippen LogP contribution in [-0.4, -0.2) is 72.5 Å². The summed E-state index contributed by atoms with van der Waals surface area (Å²) in [6.07, 6.45) is 6.23. The zero-order valence-electron chi connectivity index (χ0n) is 19.7. The fourth-order valence-corrected chi connectivity index (χ4v) is 6.32. The first kappa shape index (κ1) is 27.0. The van der Waals surface area contributed by atoms with E-state index in [9.17, 15) is 14.4 Å². The van der Waals surface area contributed by atoms with Gasteiger partial charge in [-0.15, -0.1) is 0 Å². The van der Waals surface area contributed by atoms with E-state index < -0.39 is 0 Å². The number of carbonyl (C=O) groups is 3. The molecule has 1 atom stereocenters. The van der Waals surface area contributed by atoms with E-state index in [0.29, 0.717) is 41.8 Å². The molecule has 1 unspecified atom stereocenters. The predicted octanol–water partition coefficient (Wildman–Crippen LogP) is 5.15. The Morgan fingerprint density at radius 1 is 1.37 bits per heavy atom. The summed E-state index contributed by atoms with van der Waals surface area (Å²) in [6, 6.07) is 3.46. The lowest BCUT2D eigenvalue weighted by molar-refractivity contribution is -0.104. The molecule has 2 aliphatic heterocycles. The molecule has 1 amide bonds. The molecule has 0 radical (unpaired) electrons. The first-order chi connectivity index (χ1) is 16.7. The summed E-state index contributed by atoms with van der Waals surface area (Å²) in [7, 11) is 3.61. The number of hydrogen-bond acceptors (Lipinski definition) is 6. The van der Waals surface area contributed by atoms with Crippen molar-refractivity contribution in [2.45, 2.75) is 32.2 Å². The minimum atomic E-state index is -0.115. The summed E-state index contributed by atoms with van der Waals surface area (Å²) in [4.78, 5) is 40.8. The average Bonchev–Trinajstić information content (AvgIpc) is 3.09. The van der Waals surface area contributed by atoms with Gasteiger partial charge in [-0.05, 0) is 83.0 Å². The van der Waals surface area contributed by atoms with E-state index >= 15 is 0 Å². The number of rotatable bonds is 10. The average molecular weight is 649 g/mol. The Labute approximate surface area is 230 Å². The molecule has 35 heavy (non-hydrogen) atoms. The highest BCUT2D eigenvalue weighted by Crippen LogP contribution is 2.53. The summed E-state index contributed by atoms with van der Waals surface area (Å²) >= 11 is 14.6. The van der Waals surface area contributed by atoms with E-state index in [4.69, 9.17) is 23.2 Å². The second-order valence-electron chi connectivity index (χ2n) is 9.74. The summed E-state index contributed by atoms with van der Waals surface area (Å²) in [5.41, 5.74) is 2.90. The van der Waals surface area contributed by atoms with Crippen molar-refractivity contribution < 1.29 is 14.4 Å². The minimum absolute atomic E-state index is 0.0104. The van der Waals surface area contributed by atoms with Crippen LogP contribution < -0.4 is 0 Å². The van der Waals surface area contributed by atoms with Crippen molar-refractivity contribution in [2.75, 3.05) is 33.7 Å². The number of benzene rings is 1. The van der Waals surface area contributed by atoms with Gasteiger partial charge in [-0.3, -0.25) is 19.2 Å². The normalized spacial score (nSPS) is 20.4. The van der Waals surface area contributed by atoms with E-state index in [1.807, 2.05) is 7.05 Å². The molecule has 0 N–H and O–H groups in total. The third-order valence-electron chi connectivity index (χ3n) is 7.17. The van der Waals surface area contributed by atoms with E-state index in [1.54, 1.807) is 35.1 Å². The van der Waals surface area contributed by atoms with Gasteiger partial charge in [0.15, 0.2) is 12.1 Å². The summed E-state index contributed by atoms with van der Waals surface area (Å²) in [5.74, 6) is 0.0337. The Bertz CT molecular complexity index is 1100. The topological polar surface area (TPSA) is 73.3 Å². The fourth-order valence-electron chi connectivity index (χ4n) is 5.45. The molecule has 188 valence electrons. The van der Waals surface area contributed by atoms with Gasteiger partial charge < -0.3 is 9.80 Å². The highest BCUT2D eigenvalue weighted by molar-refractivity contribution is 14.2. The maximum atomic E-state index is 13.2. The van der Waals surface area contributed by atoms with Crippen LogP contribution in [0.5, 0.6) is 0 Å². The van der Waals surface area contributed by atoms with Crippen LogP contribution in [0.15, 0.2) is 27.8 Å². The van der Waals surface area contributed by atoms with Crippen LogP contribution in [0.4, 0.5) is 0 Å². The third-order valence-corrected chi connectivity index (χ3v) is 10.3. The highest BCUT2D eigenvalue weighted by Gasteiger charge is 2.54. The van der Waals surface area contributed by atoms with Crippen LogP contribution in [-0.2, 0) is 11.3 Å². The SMILES string of the molecule is CN(/N=C\C(CCCN1CC2(CC(C(=O)c3ccc(Cl)c4c3CN(C)C4=O)C2)C1)=C(\Cl)C=O)PI. The molecule has 4 rings (SSSR count). The van der Waals surface area contributed by atoms with E-state index in [0.717, 1.165) is 50.0 Å². The van der Waals surface area contributed by atoms with Gasteiger partial charge >= 0.3 is 0 Å². The van der Waals surface area contributed by atoms with Crippen molar-refractivity contribution in [2.24, 2.45) is 16.4 Å². The molecule has 1 saturated heterocycles. The molecule has 1 aromatic rings. The van der Waals surface area contributed by atoms with Crippen LogP contribution >= 0.6 is 51.6 Å². The van der Waals surface area contributed by atoms with Gasteiger partial charge in [-0.2, -0.15) is 5.10 Å². The lowest BCUT2D eigenvalue weighted by atomic mass is 9.56. The maximum Gasteiger partial charge on any atom is 0.255 e. The van der Waals surface area contributed by atoms with Crippen molar-refractivity contribution in [3.8, 4) is 0 Å². The number of amides is 1. The van der Waals surface area contributed by atoms with E-state index in [2.05, 4.69) is 32.0 Å². The molecule has 2 heterocycles. The first-order valence-electron chi connectivity index (χ1n) is 11.5. The molecule has 1 spiro atoms. The molecule has 2 fully saturated rings. The Kier molecular flexibility index (Phi) is 8.58. The molecule has 3 aliphatic rings. The van der Waals surface area contributed by atoms with Crippen LogP contribution in [0.25, 0.3) is 0 Å². The second-order valence-corrected chi connectivity index (χ2v) is 12.8. The summed E-state index contributed by atoms with van der Waals surface area (Å²) in [6.45, 7) is 3.34. The number of nitrogens with zero attached hydrogens (tertiary/aromatic N) is 4. The van der Waals surface area contributed by atoms with Gasteiger partial charge in [-0.1, -0.05) is 23.2 Å². The van der Waals surface area contributed by atoms with Crippen LogP contribution in [0.3, 0.4) is 0 Å². The van der Waals surface area contributed by atoms with Crippen LogP contribution in [0.1, 0.15) is 52.0 Å². The monoisotopic (exact) mass is 648 g/mol. The van der Waals surface area contributed by atoms with Crippen molar-refractivity contribution in [1.82, 2.24) is 14.6 Å². The van der Waals surface area contributed by atoms with Gasteiger partial charge in [-0.25, -0.2) is 0 Å². The van der Waals surface area contributed by atoms with Crippen molar-refractivity contribution in [3.05, 3.63) is 44.5 Å². The number of allylic oxidation sites excluding steroid dienone is 2. The number of aldehydes is 1. The van der Waals surface area contributed by atoms with Crippen molar-refractivity contribution >= 4 is 75.8 Å². The minimum Gasteiger partial charge on any atom is -0.337 e. The number of carbonyl (C=O) groups excluding carboxylic acids is 3. The Morgan fingerprint density at radius 3 is 2.74 bits per heavy atom. The third kappa shape index (κ3) is 5.61. The number of fused-ring (bicyclic) bond motifs is 1. The predicted molar refractivity (Wildman–Crippen MR) is 150 cm³/mol. The lowest BCUT2D eigenvalue weighted by Gasteiger charge is -2.59. The number of ketones is 1. The van der Waals surface area contributed by atoms with Gasteiger partial charge in [0.05, 0.1) is 28.2 Å². The van der Waals surface area contributed by atoms with Crippen molar-refractivity contribution in [3.63, 3.8) is 0 Å². The number of hydrogen-bond donors (Lipinski definition) is 0. The van der Waals surface area contributed by atoms with Gasteiger partial charge in [0.25, 0.3) is 5.91 Å². The standard InChI is InChI=1S/C24H28Cl2IN4O3P/c1-29-11-18-17(5-6-19(25)21(18)23(29)34)22(33)16-8-24(9-16)13-31(14-24)7-3-4-15(20(26)12-32)10-28-30(2)35-27/h5-6,10,12,16,35H,3-4,7-9,11,13-14H2,1-2H3/b20-15+,28-10-. The summed E-state index contributed by atoms with van der Waals surface area (Å²) < 4.78 is 1.80. The second kappa shape index (κ2) is 11.1. The molecule has 1 aromatic carbocycles. The molecule has 7 nitrogen and oxygen atoms in total. The van der Waals surface area contributed by atoms with Gasteiger partial charge in [0.2, 0.25) is 0 Å². The largest absolute Gasteiger partial charge is 0.337 e. The molecular formula is C24H28Cl2IN4O3P. The molecule has 0 bridgehead atoms. The highest BCUT2D eigenvalue weighted by atomic mass is 127. The Balaban J connectivity index is 1.26. The van der Waals surface area contributed by atoms with E-state index in [-0.39, 0.29) is 28.1 Å². The number of halogens is 3. The molecular weight excluding hydrogens is 621 g/mol. The first-order valence-corrected chi connectivity index (χ1v) is 16.3. The number of likely N-dealkylation sites (tertiary alicyclic amines) is 1. The van der Waals surface area contributed by atoms with E-state index in [1.165, 1.54) is 0 Å². The molecule has 1 saturated carbocycles. The van der Waals surface area contributed by atoms with Crippen LogP contribution in [0.2, 0.25) is 5.02 Å². The molecule has 11 heteroatoms. The Hall–Kier alpha value is -1.06. The quantitative estimate of drug-likeness (QED) is 0.0667. The van der Waals surface area contributed by atoms with Gasteiger partial charge in [0.1, 0.15) is 0 Å². The zero-order chi connectivity index (χ0) is 25.3. The lowest BCUT2D eigenvalue weighted by Crippen LogP contribution is -2.63. The van der Waals surface area contributed by atoms with Gasteiger partial charge in [0, 0.05) is 45.2 Å². The summed E-state index contributed by atoms with van der Waals surface area (Å²) in [5, 5.41) is 4.94. The zero-order valence-corrected chi connectivity index (χ0v) is 24.4.